The van der Waals surface area contributed by atoms with Gasteiger partial charge in [-0.3, -0.25) is 23.9 Å². The fraction of sp³-hybridized carbons (Fsp3) is 0.538. The van der Waals surface area contributed by atoms with Crippen LogP contribution >= 0.6 is 23.1 Å². The van der Waals surface area contributed by atoms with Crippen LogP contribution in [0.3, 0.4) is 0 Å². The molecule has 1 aliphatic rings. The zero-order valence-electron chi connectivity index (χ0n) is 13.0. The lowest BCUT2D eigenvalue weighted by Crippen LogP contribution is -2.28. The van der Waals surface area contributed by atoms with Crippen LogP contribution in [0, 0.1) is 0 Å². The minimum Gasteiger partial charge on any atom is -0.469 e. The van der Waals surface area contributed by atoms with E-state index >= 15 is 0 Å². The van der Waals surface area contributed by atoms with E-state index in [1.807, 2.05) is 6.92 Å². The lowest BCUT2D eigenvalue weighted by molar-refractivity contribution is -0.141. The van der Waals surface area contributed by atoms with Crippen molar-refractivity contribution >= 4 is 45.4 Å². The van der Waals surface area contributed by atoms with Crippen LogP contribution in [0.4, 0.5) is 5.95 Å². The fourth-order valence-electron chi connectivity index (χ4n) is 2.52. The predicted molar refractivity (Wildman–Crippen MR) is 91.1 cm³/mol. The number of ether oxygens (including phenoxy) is 2. The lowest BCUT2D eigenvalue weighted by Gasteiger charge is -2.17. The largest absolute Gasteiger partial charge is 0.469 e. The summed E-state index contributed by atoms with van der Waals surface area (Å²) in [5.41, 5.74) is 5.13. The smallest absolute Gasteiger partial charge is 0.311 e. The lowest BCUT2D eigenvalue weighted by atomic mass is 10.2. The van der Waals surface area contributed by atoms with Gasteiger partial charge in [0.2, 0.25) is 5.95 Å². The number of nitrogens with zero attached hydrogens (tertiary/aromatic N) is 2. The van der Waals surface area contributed by atoms with Crippen LogP contribution in [0.5, 0.6) is 0 Å². The number of H-pyrrole nitrogens is 1. The molecule has 130 valence electrons. The van der Waals surface area contributed by atoms with Gasteiger partial charge in [0.15, 0.2) is 11.9 Å². The Morgan fingerprint density at radius 2 is 2.25 bits per heavy atom. The first-order chi connectivity index (χ1) is 11.4. The van der Waals surface area contributed by atoms with Crippen LogP contribution < -0.4 is 16.2 Å². The molecule has 11 heteroatoms. The van der Waals surface area contributed by atoms with Gasteiger partial charge in [0.05, 0.1) is 18.8 Å². The Bertz CT molecular complexity index is 889. The van der Waals surface area contributed by atoms with Gasteiger partial charge in [0, 0.05) is 0 Å². The third-order valence-corrected chi connectivity index (χ3v) is 6.05. The number of methoxy groups -OCH3 is 1. The molecule has 3 unspecified atom stereocenters. The van der Waals surface area contributed by atoms with Crippen LogP contribution in [0.15, 0.2) is 9.59 Å². The molecular weight excluding hydrogens is 356 g/mol. The molecule has 0 spiro atoms. The normalized spacial score (nSPS) is 23.7. The highest BCUT2D eigenvalue weighted by Crippen LogP contribution is 2.42. The molecule has 1 fully saturated rings. The minimum absolute atomic E-state index is 0.0822. The van der Waals surface area contributed by atoms with Crippen LogP contribution in [-0.4, -0.2) is 38.3 Å². The maximum absolute atomic E-state index is 12.4. The third kappa shape index (κ3) is 2.94. The summed E-state index contributed by atoms with van der Waals surface area (Å²) in [6.45, 7) is 1.95. The van der Waals surface area contributed by atoms with Crippen molar-refractivity contribution in [3.05, 3.63) is 20.0 Å². The van der Waals surface area contributed by atoms with Gasteiger partial charge in [-0.1, -0.05) is 18.3 Å². The second kappa shape index (κ2) is 6.57. The van der Waals surface area contributed by atoms with E-state index in [1.54, 1.807) is 0 Å². The number of anilines is 1. The number of nitrogens with one attached hydrogen (secondary N) is 1. The Morgan fingerprint density at radius 3 is 2.92 bits per heavy atom. The maximum Gasteiger partial charge on any atom is 0.311 e. The number of carbonyl (C=O) groups is 1. The number of nitrogen functional groups attached to an aromatic ring is 1. The molecule has 0 bridgehead atoms. The molecule has 9 nitrogen and oxygen atoms in total. The molecule has 24 heavy (non-hydrogen) atoms. The molecule has 1 saturated heterocycles. The van der Waals surface area contributed by atoms with Crippen molar-refractivity contribution in [2.45, 2.75) is 36.7 Å². The summed E-state index contributed by atoms with van der Waals surface area (Å²) < 4.78 is 12.1. The van der Waals surface area contributed by atoms with E-state index in [9.17, 15) is 14.4 Å². The number of rotatable bonds is 4. The Kier molecular flexibility index (Phi) is 4.65. The second-order valence-electron chi connectivity index (χ2n) is 5.16. The fourth-order valence-corrected chi connectivity index (χ4v) is 4.68. The first-order valence-corrected chi connectivity index (χ1v) is 8.99. The van der Waals surface area contributed by atoms with Gasteiger partial charge in [0.25, 0.3) is 5.56 Å². The molecule has 2 aromatic rings. The number of fused-ring (bicyclic) bond motifs is 1. The van der Waals surface area contributed by atoms with Crippen molar-refractivity contribution in [3.63, 3.8) is 0 Å². The van der Waals surface area contributed by atoms with E-state index < -0.39 is 17.8 Å². The van der Waals surface area contributed by atoms with E-state index in [1.165, 1.54) is 23.4 Å². The van der Waals surface area contributed by atoms with Crippen LogP contribution in [-0.2, 0) is 14.3 Å². The van der Waals surface area contributed by atoms with Gasteiger partial charge in [-0.25, -0.2) is 0 Å². The standard InChI is InChI=1S/C13H16N4O5S2/c1-3-7-22-11(5(23-7)4-6(18)21-2)17-9-8(24-13(17)20)10(19)16-12(14)15-9/h5,7,11H,3-4H2,1-2H3,(H3,14,15,16,19). The number of nitrogens with two attached hydrogens (primary N) is 1. The number of hydrogen-bond acceptors (Lipinski definition) is 9. The molecule has 0 amide bonds. The summed E-state index contributed by atoms with van der Waals surface area (Å²) >= 11 is 2.24. The zero-order valence-corrected chi connectivity index (χ0v) is 14.6. The summed E-state index contributed by atoms with van der Waals surface area (Å²) in [5, 5.41) is -0.319. The summed E-state index contributed by atoms with van der Waals surface area (Å²) in [6, 6.07) is 0. The molecule has 0 aliphatic carbocycles. The molecular formula is C13H16N4O5S2. The van der Waals surface area contributed by atoms with Gasteiger partial charge < -0.3 is 15.2 Å². The van der Waals surface area contributed by atoms with E-state index in [0.717, 1.165) is 11.3 Å². The highest BCUT2D eigenvalue weighted by molar-refractivity contribution is 8.00. The van der Waals surface area contributed by atoms with Gasteiger partial charge in [-0.05, 0) is 6.42 Å². The number of esters is 1. The van der Waals surface area contributed by atoms with Gasteiger partial charge in [-0.2, -0.15) is 4.98 Å². The Hall–Kier alpha value is -1.85. The topological polar surface area (TPSA) is 129 Å². The number of carbonyl (C=O) groups excluding carboxylic acids is 1. The first kappa shape index (κ1) is 17.0. The number of thioether (sulfide) groups is 1. The molecule has 3 rings (SSSR count). The van der Waals surface area contributed by atoms with Crippen molar-refractivity contribution < 1.29 is 14.3 Å². The summed E-state index contributed by atoms with van der Waals surface area (Å²) in [5.74, 6) is -0.475. The number of hydrogen-bond donors (Lipinski definition) is 2. The quantitative estimate of drug-likeness (QED) is 0.749. The first-order valence-electron chi connectivity index (χ1n) is 7.23. The van der Waals surface area contributed by atoms with Crippen molar-refractivity contribution in [1.29, 1.82) is 0 Å². The summed E-state index contributed by atoms with van der Waals surface area (Å²) in [7, 11) is 1.31. The molecule has 0 radical (unpaired) electrons. The van der Waals surface area contributed by atoms with Gasteiger partial charge in [0.1, 0.15) is 10.1 Å². The molecule has 3 N–H and O–H groups in total. The van der Waals surface area contributed by atoms with Crippen LogP contribution in [0.2, 0.25) is 0 Å². The van der Waals surface area contributed by atoms with E-state index in [4.69, 9.17) is 15.2 Å². The highest BCUT2D eigenvalue weighted by atomic mass is 32.2. The Balaban J connectivity index is 2.10. The van der Waals surface area contributed by atoms with Crippen LogP contribution in [0.25, 0.3) is 10.3 Å². The van der Waals surface area contributed by atoms with Gasteiger partial charge >= 0.3 is 10.8 Å². The van der Waals surface area contributed by atoms with Crippen molar-refractivity contribution in [3.8, 4) is 0 Å². The third-order valence-electron chi connectivity index (χ3n) is 3.61. The predicted octanol–water partition coefficient (Wildman–Crippen LogP) is 0.658. The summed E-state index contributed by atoms with van der Waals surface area (Å²) in [4.78, 5) is 42.1. The zero-order chi connectivity index (χ0) is 17.4. The molecule has 3 heterocycles. The van der Waals surface area contributed by atoms with E-state index in [-0.39, 0.29) is 38.3 Å². The Morgan fingerprint density at radius 1 is 1.50 bits per heavy atom. The minimum atomic E-state index is -0.714. The average Bonchev–Trinajstić information content (AvgIpc) is 3.07. The van der Waals surface area contributed by atoms with E-state index in [0.29, 0.717) is 6.42 Å². The number of aromatic nitrogens is 3. The highest BCUT2D eigenvalue weighted by Gasteiger charge is 2.40. The monoisotopic (exact) mass is 372 g/mol. The number of thiazole rings is 1. The van der Waals surface area contributed by atoms with Crippen molar-refractivity contribution in [2.75, 3.05) is 12.8 Å². The van der Waals surface area contributed by atoms with E-state index in [2.05, 4.69) is 9.97 Å². The molecule has 0 saturated carbocycles. The number of aromatic amines is 1. The summed E-state index contributed by atoms with van der Waals surface area (Å²) in [6.07, 6.45) is 0.0883. The molecule has 2 aromatic heterocycles. The molecule has 1 aliphatic heterocycles. The molecule has 3 atom stereocenters. The molecule has 0 aromatic carbocycles. The average molecular weight is 372 g/mol. The Labute approximate surface area is 144 Å². The van der Waals surface area contributed by atoms with Crippen molar-refractivity contribution in [1.82, 2.24) is 14.5 Å². The van der Waals surface area contributed by atoms with Crippen molar-refractivity contribution in [2.24, 2.45) is 0 Å². The maximum atomic E-state index is 12.4. The SMILES string of the molecule is CCC1OC(n2c(=O)sc3c(=O)[nH]c(N)nc32)C(CC(=O)OC)S1. The van der Waals surface area contributed by atoms with Crippen LogP contribution in [0.1, 0.15) is 26.0 Å². The van der Waals surface area contributed by atoms with Gasteiger partial charge in [-0.15, -0.1) is 11.8 Å². The second-order valence-corrected chi connectivity index (χ2v) is 7.53.